The molecule has 1 unspecified atom stereocenters. The van der Waals surface area contributed by atoms with Crippen molar-refractivity contribution in [3.05, 3.63) is 29.8 Å². The first-order valence-electron chi connectivity index (χ1n) is 6.04. The van der Waals surface area contributed by atoms with Gasteiger partial charge in [0.2, 0.25) is 0 Å². The standard InChI is InChI=1S/C13H18F3N3O/c1-9(12(17)18)7-19(2)8-10-3-5-11(6-4-10)20-13(14,15)16/h3-6,9H,7-8H2,1-2H3,(H3,17,18). The molecule has 0 fully saturated rings. The van der Waals surface area contributed by atoms with Gasteiger partial charge in [-0.25, -0.2) is 0 Å². The number of nitrogens with zero attached hydrogens (tertiary/aromatic N) is 1. The van der Waals surface area contributed by atoms with Crippen LogP contribution in [0, 0.1) is 11.3 Å². The molecule has 1 rings (SSSR count). The fraction of sp³-hybridized carbons (Fsp3) is 0.462. The van der Waals surface area contributed by atoms with Crippen molar-refractivity contribution in [3.63, 3.8) is 0 Å². The summed E-state index contributed by atoms with van der Waals surface area (Å²) in [5, 5.41) is 7.31. The van der Waals surface area contributed by atoms with Crippen molar-refractivity contribution in [2.75, 3.05) is 13.6 Å². The Labute approximate surface area is 115 Å². The summed E-state index contributed by atoms with van der Waals surface area (Å²) in [7, 11) is 1.86. The predicted octanol–water partition coefficient (Wildman–Crippen LogP) is 2.59. The molecule has 0 aliphatic carbocycles. The predicted molar refractivity (Wildman–Crippen MR) is 70.5 cm³/mol. The minimum absolute atomic E-state index is 0.0622. The molecule has 20 heavy (non-hydrogen) atoms. The lowest BCUT2D eigenvalue weighted by Crippen LogP contribution is -2.31. The second kappa shape index (κ2) is 6.60. The number of benzene rings is 1. The van der Waals surface area contributed by atoms with Gasteiger partial charge >= 0.3 is 6.36 Å². The number of nitrogens with one attached hydrogen (secondary N) is 1. The van der Waals surface area contributed by atoms with Gasteiger partial charge in [-0.15, -0.1) is 13.2 Å². The minimum atomic E-state index is -4.67. The molecule has 1 aromatic rings. The van der Waals surface area contributed by atoms with E-state index < -0.39 is 6.36 Å². The summed E-state index contributed by atoms with van der Waals surface area (Å²) >= 11 is 0. The lowest BCUT2D eigenvalue weighted by atomic mass is 10.1. The molecule has 0 bridgehead atoms. The highest BCUT2D eigenvalue weighted by Gasteiger charge is 2.30. The summed E-state index contributed by atoms with van der Waals surface area (Å²) in [5.41, 5.74) is 6.25. The Morgan fingerprint density at radius 1 is 1.35 bits per heavy atom. The molecule has 0 spiro atoms. The second-order valence-electron chi connectivity index (χ2n) is 4.74. The molecule has 1 atom stereocenters. The normalized spacial score (nSPS) is 13.3. The van der Waals surface area contributed by atoms with E-state index in [1.807, 2.05) is 18.9 Å². The average molecular weight is 289 g/mol. The van der Waals surface area contributed by atoms with Gasteiger partial charge in [0.15, 0.2) is 0 Å². The first-order chi connectivity index (χ1) is 9.17. The molecule has 4 nitrogen and oxygen atoms in total. The van der Waals surface area contributed by atoms with Gasteiger partial charge in [0.1, 0.15) is 5.75 Å². The van der Waals surface area contributed by atoms with Crippen LogP contribution in [0.4, 0.5) is 13.2 Å². The van der Waals surface area contributed by atoms with E-state index in [9.17, 15) is 13.2 Å². The van der Waals surface area contributed by atoms with E-state index in [4.69, 9.17) is 11.1 Å². The van der Waals surface area contributed by atoms with Gasteiger partial charge in [-0.3, -0.25) is 5.41 Å². The quantitative estimate of drug-likeness (QED) is 0.625. The van der Waals surface area contributed by atoms with Crippen LogP contribution in [0.5, 0.6) is 5.75 Å². The molecule has 0 saturated heterocycles. The van der Waals surface area contributed by atoms with E-state index in [2.05, 4.69) is 4.74 Å². The Balaban J connectivity index is 2.55. The number of nitrogens with two attached hydrogens (primary N) is 1. The maximum absolute atomic E-state index is 12.0. The third kappa shape index (κ3) is 5.92. The minimum Gasteiger partial charge on any atom is -0.406 e. The molecular weight excluding hydrogens is 271 g/mol. The number of alkyl halides is 3. The largest absolute Gasteiger partial charge is 0.573 e. The number of hydrogen-bond acceptors (Lipinski definition) is 3. The lowest BCUT2D eigenvalue weighted by molar-refractivity contribution is -0.274. The van der Waals surface area contributed by atoms with E-state index in [-0.39, 0.29) is 17.5 Å². The summed E-state index contributed by atoms with van der Waals surface area (Å²) in [6, 6.07) is 5.72. The van der Waals surface area contributed by atoms with Gasteiger partial charge in [-0.1, -0.05) is 19.1 Å². The number of hydrogen-bond donors (Lipinski definition) is 2. The van der Waals surface area contributed by atoms with Crippen LogP contribution in [-0.4, -0.2) is 30.7 Å². The molecule has 0 saturated carbocycles. The van der Waals surface area contributed by atoms with Crippen LogP contribution >= 0.6 is 0 Å². The van der Waals surface area contributed by atoms with Gasteiger partial charge in [0, 0.05) is 19.0 Å². The fourth-order valence-electron chi connectivity index (χ4n) is 1.74. The van der Waals surface area contributed by atoms with Gasteiger partial charge in [0.05, 0.1) is 5.84 Å². The highest BCUT2D eigenvalue weighted by Crippen LogP contribution is 2.23. The first kappa shape index (κ1) is 16.3. The van der Waals surface area contributed by atoms with Crippen molar-refractivity contribution in [1.82, 2.24) is 4.90 Å². The van der Waals surface area contributed by atoms with Gasteiger partial charge in [0.25, 0.3) is 0 Å². The molecule has 0 amide bonds. The number of halogens is 3. The molecule has 0 radical (unpaired) electrons. The second-order valence-corrected chi connectivity index (χ2v) is 4.74. The topological polar surface area (TPSA) is 62.3 Å². The third-order valence-electron chi connectivity index (χ3n) is 2.73. The summed E-state index contributed by atoms with van der Waals surface area (Å²) in [6.45, 7) is 3.01. The SMILES string of the molecule is CC(CN(C)Cc1ccc(OC(F)(F)F)cc1)C(=N)N. The van der Waals surface area contributed by atoms with Gasteiger partial charge < -0.3 is 15.4 Å². The van der Waals surface area contributed by atoms with Crippen LogP contribution < -0.4 is 10.5 Å². The molecule has 7 heteroatoms. The zero-order chi connectivity index (χ0) is 15.3. The molecule has 1 aromatic carbocycles. The van der Waals surface area contributed by atoms with Crippen molar-refractivity contribution < 1.29 is 17.9 Å². The Hall–Kier alpha value is -1.76. The van der Waals surface area contributed by atoms with Gasteiger partial charge in [-0.2, -0.15) is 0 Å². The lowest BCUT2D eigenvalue weighted by Gasteiger charge is -2.20. The zero-order valence-electron chi connectivity index (χ0n) is 11.4. The van der Waals surface area contributed by atoms with Crippen LogP contribution in [-0.2, 0) is 6.54 Å². The van der Waals surface area contributed by atoms with Crippen molar-refractivity contribution >= 4 is 5.84 Å². The highest BCUT2D eigenvalue weighted by atomic mass is 19.4. The molecule has 0 aromatic heterocycles. The Kier molecular flexibility index (Phi) is 5.38. The van der Waals surface area contributed by atoms with Crippen LogP contribution in [0.1, 0.15) is 12.5 Å². The fourth-order valence-corrected chi connectivity index (χ4v) is 1.74. The van der Waals surface area contributed by atoms with E-state index in [1.165, 1.54) is 12.1 Å². The number of rotatable bonds is 6. The summed E-state index contributed by atoms with van der Waals surface area (Å²) in [5.74, 6) is -0.181. The van der Waals surface area contributed by atoms with Crippen molar-refractivity contribution in [2.45, 2.75) is 19.8 Å². The average Bonchev–Trinajstić information content (AvgIpc) is 2.29. The maximum Gasteiger partial charge on any atom is 0.573 e. The molecule has 0 aliphatic heterocycles. The van der Waals surface area contributed by atoms with Crippen molar-refractivity contribution in [3.8, 4) is 5.75 Å². The van der Waals surface area contributed by atoms with Crippen LogP contribution in [0.15, 0.2) is 24.3 Å². The molecule has 0 aliphatic rings. The van der Waals surface area contributed by atoms with Crippen molar-refractivity contribution in [2.24, 2.45) is 11.7 Å². The van der Waals surface area contributed by atoms with Crippen LogP contribution in [0.3, 0.4) is 0 Å². The third-order valence-corrected chi connectivity index (χ3v) is 2.73. The molecule has 112 valence electrons. The molecule has 0 heterocycles. The van der Waals surface area contributed by atoms with Crippen LogP contribution in [0.25, 0.3) is 0 Å². The first-order valence-corrected chi connectivity index (χ1v) is 6.04. The van der Waals surface area contributed by atoms with E-state index >= 15 is 0 Å². The summed E-state index contributed by atoms with van der Waals surface area (Å²) in [6.07, 6.45) is -4.67. The Morgan fingerprint density at radius 3 is 2.35 bits per heavy atom. The van der Waals surface area contributed by atoms with E-state index in [0.717, 1.165) is 5.56 Å². The maximum atomic E-state index is 12.0. The van der Waals surface area contributed by atoms with Crippen molar-refractivity contribution in [1.29, 1.82) is 5.41 Å². The van der Waals surface area contributed by atoms with E-state index in [1.54, 1.807) is 12.1 Å². The zero-order valence-corrected chi connectivity index (χ0v) is 11.4. The highest BCUT2D eigenvalue weighted by molar-refractivity contribution is 5.79. The van der Waals surface area contributed by atoms with Gasteiger partial charge in [-0.05, 0) is 24.7 Å². The smallest absolute Gasteiger partial charge is 0.406 e. The number of ether oxygens (including phenoxy) is 1. The summed E-state index contributed by atoms with van der Waals surface area (Å²) < 4.78 is 39.8. The van der Waals surface area contributed by atoms with Crippen LogP contribution in [0.2, 0.25) is 0 Å². The number of amidine groups is 1. The van der Waals surface area contributed by atoms with E-state index in [0.29, 0.717) is 13.1 Å². The molecule has 3 N–H and O–H groups in total. The molecular formula is C13H18F3N3O. The summed E-state index contributed by atoms with van der Waals surface area (Å²) in [4.78, 5) is 1.95. The Bertz CT molecular complexity index is 445. The Morgan fingerprint density at radius 2 is 1.90 bits per heavy atom. The monoisotopic (exact) mass is 289 g/mol.